The van der Waals surface area contributed by atoms with E-state index in [9.17, 15) is 4.79 Å². The van der Waals surface area contributed by atoms with E-state index in [-0.39, 0.29) is 5.56 Å². The van der Waals surface area contributed by atoms with Crippen molar-refractivity contribution in [1.29, 1.82) is 0 Å². The van der Waals surface area contributed by atoms with Crippen LogP contribution < -0.4 is 5.56 Å². The molecule has 0 aliphatic heterocycles. The molecule has 4 heteroatoms. The molecule has 17 heavy (non-hydrogen) atoms. The molecule has 3 aromatic rings. The lowest BCUT2D eigenvalue weighted by Crippen LogP contribution is -2.05. The van der Waals surface area contributed by atoms with Gasteiger partial charge in [-0.15, -0.1) is 0 Å². The second-order valence-electron chi connectivity index (χ2n) is 3.72. The molecular weight excluding hydrogens is 214 g/mol. The highest BCUT2D eigenvalue weighted by Gasteiger charge is 2.00. The normalized spacial score (nSPS) is 10.6. The number of nitrogens with one attached hydrogen (secondary N) is 1. The molecule has 0 unspecified atom stereocenters. The zero-order valence-corrected chi connectivity index (χ0v) is 8.92. The van der Waals surface area contributed by atoms with Gasteiger partial charge in [-0.05, 0) is 18.2 Å². The van der Waals surface area contributed by atoms with Gasteiger partial charge in [0.2, 0.25) is 0 Å². The van der Waals surface area contributed by atoms with Gasteiger partial charge in [-0.1, -0.05) is 12.1 Å². The summed E-state index contributed by atoms with van der Waals surface area (Å²) in [6.07, 6.45) is 4.65. The molecule has 0 amide bonds. The summed E-state index contributed by atoms with van der Waals surface area (Å²) in [5.74, 6) is 0. The predicted octanol–water partition coefficient (Wildman–Crippen LogP) is 1.99. The van der Waals surface area contributed by atoms with Crippen LogP contribution in [0.5, 0.6) is 0 Å². The van der Waals surface area contributed by atoms with Crippen molar-refractivity contribution in [1.82, 2.24) is 15.0 Å². The summed E-state index contributed by atoms with van der Waals surface area (Å²) in [4.78, 5) is 22.1. The van der Waals surface area contributed by atoms with E-state index in [4.69, 9.17) is 0 Å². The van der Waals surface area contributed by atoms with Crippen LogP contribution in [-0.2, 0) is 0 Å². The van der Waals surface area contributed by atoms with Crippen LogP contribution in [0.3, 0.4) is 0 Å². The standard InChI is InChI=1S/C13H9N3O/c17-13-8-14-7-12(16-13)10-3-4-11-9(6-10)2-1-5-15-11/h1-8H,(H,16,17). The monoisotopic (exact) mass is 223 g/mol. The van der Waals surface area contributed by atoms with Crippen molar-refractivity contribution in [2.75, 3.05) is 0 Å². The number of hydrogen-bond donors (Lipinski definition) is 1. The van der Waals surface area contributed by atoms with Crippen molar-refractivity contribution >= 4 is 10.9 Å². The molecule has 0 aliphatic rings. The number of aromatic amines is 1. The van der Waals surface area contributed by atoms with E-state index in [0.717, 1.165) is 16.5 Å². The van der Waals surface area contributed by atoms with Crippen molar-refractivity contribution in [3.05, 3.63) is 59.3 Å². The first-order valence-electron chi connectivity index (χ1n) is 5.22. The SMILES string of the molecule is O=c1cncc(-c2ccc3ncccc3c2)[nH]1. The number of fused-ring (bicyclic) bond motifs is 1. The zero-order valence-electron chi connectivity index (χ0n) is 8.92. The summed E-state index contributed by atoms with van der Waals surface area (Å²) >= 11 is 0. The Morgan fingerprint density at radius 2 is 2.06 bits per heavy atom. The number of rotatable bonds is 1. The average Bonchev–Trinajstić information content (AvgIpc) is 2.38. The maximum Gasteiger partial charge on any atom is 0.266 e. The molecule has 1 N–H and O–H groups in total. The van der Waals surface area contributed by atoms with Crippen molar-refractivity contribution in [3.63, 3.8) is 0 Å². The van der Waals surface area contributed by atoms with Crippen LogP contribution in [0, 0.1) is 0 Å². The van der Waals surface area contributed by atoms with E-state index in [2.05, 4.69) is 15.0 Å². The number of H-pyrrole nitrogens is 1. The van der Waals surface area contributed by atoms with Crippen LogP contribution >= 0.6 is 0 Å². The summed E-state index contributed by atoms with van der Waals surface area (Å²) in [6.45, 7) is 0. The second kappa shape index (κ2) is 3.83. The predicted molar refractivity (Wildman–Crippen MR) is 65.6 cm³/mol. The Hall–Kier alpha value is -2.49. The molecule has 2 aromatic heterocycles. The maximum absolute atomic E-state index is 11.2. The first-order chi connectivity index (χ1) is 8.33. The van der Waals surface area contributed by atoms with Crippen LogP contribution in [0.4, 0.5) is 0 Å². The Morgan fingerprint density at radius 1 is 1.12 bits per heavy atom. The Bertz CT molecular complexity index is 734. The van der Waals surface area contributed by atoms with Gasteiger partial charge in [0.25, 0.3) is 5.56 Å². The highest BCUT2D eigenvalue weighted by atomic mass is 16.1. The van der Waals surface area contributed by atoms with Gasteiger partial charge in [0.1, 0.15) is 0 Å². The van der Waals surface area contributed by atoms with Gasteiger partial charge < -0.3 is 4.98 Å². The molecule has 0 fully saturated rings. The quantitative estimate of drug-likeness (QED) is 0.686. The van der Waals surface area contributed by atoms with Crippen LogP contribution in [0.25, 0.3) is 22.2 Å². The largest absolute Gasteiger partial charge is 0.319 e. The van der Waals surface area contributed by atoms with Gasteiger partial charge in [0, 0.05) is 17.1 Å². The van der Waals surface area contributed by atoms with E-state index < -0.39 is 0 Å². The molecule has 2 heterocycles. The molecule has 0 radical (unpaired) electrons. The molecular formula is C13H9N3O. The van der Waals surface area contributed by atoms with Gasteiger partial charge in [0.15, 0.2) is 0 Å². The van der Waals surface area contributed by atoms with Gasteiger partial charge in [-0.2, -0.15) is 0 Å². The Morgan fingerprint density at radius 3 is 2.94 bits per heavy atom. The molecule has 0 atom stereocenters. The summed E-state index contributed by atoms with van der Waals surface area (Å²) < 4.78 is 0. The summed E-state index contributed by atoms with van der Waals surface area (Å²) in [7, 11) is 0. The summed E-state index contributed by atoms with van der Waals surface area (Å²) in [6, 6.07) is 9.70. The molecule has 3 rings (SSSR count). The number of benzene rings is 1. The number of hydrogen-bond acceptors (Lipinski definition) is 3. The lowest BCUT2D eigenvalue weighted by Gasteiger charge is -2.02. The molecule has 0 saturated heterocycles. The fourth-order valence-electron chi connectivity index (χ4n) is 1.77. The fraction of sp³-hybridized carbons (Fsp3) is 0. The van der Waals surface area contributed by atoms with Gasteiger partial charge in [-0.25, -0.2) is 0 Å². The minimum Gasteiger partial charge on any atom is -0.319 e. The van der Waals surface area contributed by atoms with Crippen molar-refractivity contribution in [2.45, 2.75) is 0 Å². The third-order valence-corrected chi connectivity index (χ3v) is 2.57. The molecule has 0 spiro atoms. The van der Waals surface area contributed by atoms with Crippen LogP contribution in [0.1, 0.15) is 0 Å². The number of pyridine rings is 1. The summed E-state index contributed by atoms with van der Waals surface area (Å²) in [5, 5.41) is 1.04. The van der Waals surface area contributed by atoms with E-state index in [1.807, 2.05) is 30.3 Å². The highest BCUT2D eigenvalue weighted by Crippen LogP contribution is 2.20. The molecule has 82 valence electrons. The Kier molecular flexibility index (Phi) is 2.19. The molecule has 4 nitrogen and oxygen atoms in total. The fourth-order valence-corrected chi connectivity index (χ4v) is 1.77. The highest BCUT2D eigenvalue weighted by molar-refractivity contribution is 5.83. The topological polar surface area (TPSA) is 58.6 Å². The molecule has 0 bridgehead atoms. The van der Waals surface area contributed by atoms with Crippen molar-refractivity contribution in [3.8, 4) is 11.3 Å². The first-order valence-corrected chi connectivity index (χ1v) is 5.22. The Balaban J connectivity index is 2.21. The minimum atomic E-state index is -0.200. The lowest BCUT2D eigenvalue weighted by atomic mass is 10.1. The van der Waals surface area contributed by atoms with Crippen LogP contribution in [0.15, 0.2) is 53.7 Å². The number of nitrogens with zero attached hydrogens (tertiary/aromatic N) is 2. The van der Waals surface area contributed by atoms with Gasteiger partial charge in [0.05, 0.1) is 23.6 Å². The van der Waals surface area contributed by atoms with Crippen molar-refractivity contribution in [2.24, 2.45) is 0 Å². The second-order valence-corrected chi connectivity index (χ2v) is 3.72. The maximum atomic E-state index is 11.2. The van der Waals surface area contributed by atoms with Crippen LogP contribution in [-0.4, -0.2) is 15.0 Å². The van der Waals surface area contributed by atoms with E-state index in [0.29, 0.717) is 5.69 Å². The minimum absolute atomic E-state index is 0.200. The zero-order chi connectivity index (χ0) is 11.7. The smallest absolute Gasteiger partial charge is 0.266 e. The lowest BCUT2D eigenvalue weighted by molar-refractivity contribution is 1.14. The average molecular weight is 223 g/mol. The molecule has 0 aliphatic carbocycles. The van der Waals surface area contributed by atoms with Gasteiger partial charge in [-0.3, -0.25) is 14.8 Å². The molecule has 1 aromatic carbocycles. The Labute approximate surface area is 97.0 Å². The van der Waals surface area contributed by atoms with Crippen LogP contribution in [0.2, 0.25) is 0 Å². The van der Waals surface area contributed by atoms with E-state index >= 15 is 0 Å². The van der Waals surface area contributed by atoms with Crippen molar-refractivity contribution < 1.29 is 0 Å². The first kappa shape index (κ1) is 9.72. The van der Waals surface area contributed by atoms with Gasteiger partial charge >= 0.3 is 0 Å². The van der Waals surface area contributed by atoms with E-state index in [1.54, 1.807) is 12.4 Å². The molecule has 0 saturated carbocycles. The third-order valence-electron chi connectivity index (χ3n) is 2.57. The summed E-state index contributed by atoms with van der Waals surface area (Å²) in [5.41, 5.74) is 2.37. The third kappa shape index (κ3) is 1.80. The van der Waals surface area contributed by atoms with E-state index in [1.165, 1.54) is 6.20 Å². The number of aromatic nitrogens is 3.